The predicted molar refractivity (Wildman–Crippen MR) is 58.5 cm³/mol. The topological polar surface area (TPSA) is 56.2 Å². The Bertz CT molecular complexity index is 498. The van der Waals surface area contributed by atoms with E-state index in [0.29, 0.717) is 11.7 Å². The molecule has 78 valence electrons. The van der Waals surface area contributed by atoms with Gasteiger partial charge in [-0.25, -0.2) is 4.98 Å². The van der Waals surface area contributed by atoms with E-state index < -0.39 is 0 Å². The molecule has 4 nitrogen and oxygen atoms in total. The Labute approximate surface area is 88.1 Å². The van der Waals surface area contributed by atoms with Crippen molar-refractivity contribution in [2.75, 3.05) is 5.73 Å². The van der Waals surface area contributed by atoms with Crippen molar-refractivity contribution in [1.82, 2.24) is 14.6 Å². The molecule has 1 atom stereocenters. The molecule has 0 spiro atoms. The van der Waals surface area contributed by atoms with Crippen molar-refractivity contribution < 1.29 is 0 Å². The molecule has 2 heterocycles. The molecule has 0 aromatic carbocycles. The van der Waals surface area contributed by atoms with Gasteiger partial charge in [-0.3, -0.25) is 0 Å². The second-order valence-corrected chi connectivity index (χ2v) is 4.33. The highest BCUT2D eigenvalue weighted by Gasteiger charge is 2.30. The highest BCUT2D eigenvalue weighted by Crippen LogP contribution is 2.41. The average Bonchev–Trinajstić information content (AvgIpc) is 2.96. The van der Waals surface area contributed by atoms with Crippen LogP contribution in [0.15, 0.2) is 18.3 Å². The lowest BCUT2D eigenvalue weighted by Gasteiger charge is -2.10. The number of anilines is 1. The fraction of sp³-hybridized carbons (Fsp3) is 0.455. The summed E-state index contributed by atoms with van der Waals surface area (Å²) in [6.07, 6.45) is 4.38. The van der Waals surface area contributed by atoms with E-state index in [9.17, 15) is 0 Å². The van der Waals surface area contributed by atoms with Crippen molar-refractivity contribution >= 4 is 11.5 Å². The Balaban J connectivity index is 2.10. The van der Waals surface area contributed by atoms with Crippen LogP contribution in [0, 0.1) is 5.92 Å². The van der Waals surface area contributed by atoms with Crippen molar-refractivity contribution in [1.29, 1.82) is 0 Å². The number of hydrogen-bond acceptors (Lipinski definition) is 3. The van der Waals surface area contributed by atoms with E-state index in [1.165, 1.54) is 12.8 Å². The minimum atomic E-state index is 0.521. The zero-order chi connectivity index (χ0) is 10.4. The second-order valence-electron chi connectivity index (χ2n) is 4.33. The maximum absolute atomic E-state index is 5.92. The van der Waals surface area contributed by atoms with Crippen molar-refractivity contribution in [2.24, 2.45) is 5.92 Å². The zero-order valence-electron chi connectivity index (χ0n) is 8.72. The monoisotopic (exact) mass is 202 g/mol. The minimum absolute atomic E-state index is 0.521. The maximum atomic E-state index is 5.92. The lowest BCUT2D eigenvalue weighted by Crippen LogP contribution is -2.06. The van der Waals surface area contributed by atoms with E-state index in [-0.39, 0.29) is 0 Å². The molecule has 2 aromatic heterocycles. The standard InChI is InChI=1S/C11H14N4/c1-7(8-2-3-8)9-6-10(12)15-11(14-9)4-5-13-15/h4-8H,2-3,12H2,1H3/t7-/m1/s1. The Morgan fingerprint density at radius 3 is 3.07 bits per heavy atom. The molecule has 0 unspecified atom stereocenters. The van der Waals surface area contributed by atoms with E-state index in [2.05, 4.69) is 17.0 Å². The van der Waals surface area contributed by atoms with Gasteiger partial charge in [-0.15, -0.1) is 0 Å². The Morgan fingerprint density at radius 1 is 1.53 bits per heavy atom. The van der Waals surface area contributed by atoms with Gasteiger partial charge in [0.15, 0.2) is 5.65 Å². The van der Waals surface area contributed by atoms with E-state index in [1.54, 1.807) is 10.7 Å². The number of rotatable bonds is 2. The quantitative estimate of drug-likeness (QED) is 0.808. The molecule has 15 heavy (non-hydrogen) atoms. The third kappa shape index (κ3) is 1.37. The van der Waals surface area contributed by atoms with Crippen LogP contribution in [0.4, 0.5) is 5.82 Å². The van der Waals surface area contributed by atoms with Crippen LogP contribution < -0.4 is 5.73 Å². The summed E-state index contributed by atoms with van der Waals surface area (Å²) in [6, 6.07) is 3.84. The molecule has 4 heteroatoms. The summed E-state index contributed by atoms with van der Waals surface area (Å²) in [7, 11) is 0. The van der Waals surface area contributed by atoms with Gasteiger partial charge in [0.1, 0.15) is 5.82 Å². The van der Waals surface area contributed by atoms with Crippen molar-refractivity contribution in [2.45, 2.75) is 25.7 Å². The lowest BCUT2D eigenvalue weighted by molar-refractivity contribution is 0.643. The van der Waals surface area contributed by atoms with Crippen LogP contribution in [0.5, 0.6) is 0 Å². The SMILES string of the molecule is C[C@@H](c1cc(N)n2nccc2n1)C1CC1. The molecule has 0 bridgehead atoms. The fourth-order valence-corrected chi connectivity index (χ4v) is 2.03. The van der Waals surface area contributed by atoms with Gasteiger partial charge < -0.3 is 5.73 Å². The highest BCUT2D eigenvalue weighted by molar-refractivity contribution is 5.47. The first-order valence-electron chi connectivity index (χ1n) is 5.36. The van der Waals surface area contributed by atoms with Gasteiger partial charge in [0.2, 0.25) is 0 Å². The molecular weight excluding hydrogens is 188 g/mol. The normalized spacial score (nSPS) is 18.2. The summed E-state index contributed by atoms with van der Waals surface area (Å²) < 4.78 is 1.67. The molecule has 1 fully saturated rings. The number of nitrogens with zero attached hydrogens (tertiary/aromatic N) is 3. The van der Waals surface area contributed by atoms with Gasteiger partial charge in [0, 0.05) is 23.7 Å². The van der Waals surface area contributed by atoms with E-state index in [4.69, 9.17) is 5.73 Å². The molecule has 2 aromatic rings. The molecule has 1 saturated carbocycles. The first-order chi connectivity index (χ1) is 7.25. The lowest BCUT2D eigenvalue weighted by atomic mass is 10.0. The molecule has 0 radical (unpaired) electrons. The van der Waals surface area contributed by atoms with Gasteiger partial charge in [-0.2, -0.15) is 9.61 Å². The third-order valence-electron chi connectivity index (χ3n) is 3.20. The summed E-state index contributed by atoms with van der Waals surface area (Å²) in [5, 5.41) is 4.11. The summed E-state index contributed by atoms with van der Waals surface area (Å²) in [6.45, 7) is 2.23. The van der Waals surface area contributed by atoms with Gasteiger partial charge in [0.05, 0.1) is 6.20 Å². The fourth-order valence-electron chi connectivity index (χ4n) is 2.03. The number of hydrogen-bond donors (Lipinski definition) is 1. The summed E-state index contributed by atoms with van der Waals surface area (Å²) in [5.74, 6) is 2.00. The van der Waals surface area contributed by atoms with Crippen LogP contribution in [-0.2, 0) is 0 Å². The van der Waals surface area contributed by atoms with E-state index >= 15 is 0 Å². The molecule has 0 saturated heterocycles. The van der Waals surface area contributed by atoms with E-state index in [1.807, 2.05) is 12.1 Å². The third-order valence-corrected chi connectivity index (χ3v) is 3.20. The Morgan fingerprint density at radius 2 is 2.33 bits per heavy atom. The molecular formula is C11H14N4. The van der Waals surface area contributed by atoms with Gasteiger partial charge >= 0.3 is 0 Å². The number of nitrogen functional groups attached to an aromatic ring is 1. The number of fused-ring (bicyclic) bond motifs is 1. The average molecular weight is 202 g/mol. The van der Waals surface area contributed by atoms with Crippen molar-refractivity contribution in [3.8, 4) is 0 Å². The molecule has 0 aliphatic heterocycles. The minimum Gasteiger partial charge on any atom is -0.384 e. The highest BCUT2D eigenvalue weighted by atomic mass is 15.3. The number of aromatic nitrogens is 3. The summed E-state index contributed by atoms with van der Waals surface area (Å²) in [5.41, 5.74) is 7.87. The number of nitrogens with two attached hydrogens (primary N) is 1. The van der Waals surface area contributed by atoms with Crippen LogP contribution in [0.1, 0.15) is 31.4 Å². The largest absolute Gasteiger partial charge is 0.384 e. The van der Waals surface area contributed by atoms with Crippen molar-refractivity contribution in [3.63, 3.8) is 0 Å². The summed E-state index contributed by atoms with van der Waals surface area (Å²) >= 11 is 0. The van der Waals surface area contributed by atoms with E-state index in [0.717, 1.165) is 17.3 Å². The second kappa shape index (κ2) is 2.95. The Kier molecular flexibility index (Phi) is 1.71. The first-order valence-corrected chi connectivity index (χ1v) is 5.36. The van der Waals surface area contributed by atoms with Crippen molar-refractivity contribution in [3.05, 3.63) is 24.0 Å². The van der Waals surface area contributed by atoms with Gasteiger partial charge in [0.25, 0.3) is 0 Å². The maximum Gasteiger partial charge on any atom is 0.157 e. The smallest absolute Gasteiger partial charge is 0.157 e. The van der Waals surface area contributed by atoms with Gasteiger partial charge in [-0.1, -0.05) is 6.92 Å². The van der Waals surface area contributed by atoms with Crippen LogP contribution in [0.2, 0.25) is 0 Å². The molecule has 1 aliphatic carbocycles. The predicted octanol–water partition coefficient (Wildman–Crippen LogP) is 1.82. The molecule has 0 amide bonds. The van der Waals surface area contributed by atoms with Crippen LogP contribution >= 0.6 is 0 Å². The zero-order valence-corrected chi connectivity index (χ0v) is 8.72. The molecule has 2 N–H and O–H groups in total. The first kappa shape index (κ1) is 8.71. The summed E-state index contributed by atoms with van der Waals surface area (Å²) in [4.78, 5) is 4.58. The van der Waals surface area contributed by atoms with Crippen LogP contribution in [0.3, 0.4) is 0 Å². The van der Waals surface area contributed by atoms with Crippen LogP contribution in [-0.4, -0.2) is 14.6 Å². The molecule has 1 aliphatic rings. The van der Waals surface area contributed by atoms with Crippen LogP contribution in [0.25, 0.3) is 5.65 Å². The Hall–Kier alpha value is -1.58. The molecule has 3 rings (SSSR count). The van der Waals surface area contributed by atoms with Gasteiger partial charge in [-0.05, 0) is 18.8 Å².